The highest BCUT2D eigenvalue weighted by molar-refractivity contribution is 9.10. The summed E-state index contributed by atoms with van der Waals surface area (Å²) in [4.78, 5) is 12.5. The maximum absolute atomic E-state index is 12.5. The van der Waals surface area contributed by atoms with Crippen LogP contribution in [0.5, 0.6) is 0 Å². The van der Waals surface area contributed by atoms with Crippen molar-refractivity contribution in [3.8, 4) is 17.4 Å². The smallest absolute Gasteiger partial charge is 0.205 e. The van der Waals surface area contributed by atoms with E-state index < -0.39 is 5.92 Å². The molecule has 0 saturated carbocycles. The van der Waals surface area contributed by atoms with E-state index in [0.29, 0.717) is 35.7 Å². The number of carbonyl (C=O) groups excluding carboxylic acids is 1. The first-order valence-corrected chi connectivity index (χ1v) is 9.07. The summed E-state index contributed by atoms with van der Waals surface area (Å²) in [5.74, 6) is 1.17. The van der Waals surface area contributed by atoms with E-state index in [2.05, 4.69) is 22.0 Å². The summed E-state index contributed by atoms with van der Waals surface area (Å²) in [5, 5.41) is 9.58. The van der Waals surface area contributed by atoms with Crippen LogP contribution in [0.3, 0.4) is 0 Å². The molecule has 0 radical (unpaired) electrons. The van der Waals surface area contributed by atoms with Crippen molar-refractivity contribution in [1.29, 1.82) is 5.26 Å². The Bertz CT molecular complexity index is 993. The predicted octanol–water partition coefficient (Wildman–Crippen LogP) is 4.52. The van der Waals surface area contributed by atoms with Crippen molar-refractivity contribution in [3.05, 3.63) is 69.4 Å². The molecular formula is C20H15BrN2O3. The Labute approximate surface area is 158 Å². The summed E-state index contributed by atoms with van der Waals surface area (Å²) in [6.45, 7) is 0. The number of nitrogens with two attached hydrogens (primary N) is 1. The highest BCUT2D eigenvalue weighted by atomic mass is 79.9. The molecule has 6 heteroatoms. The van der Waals surface area contributed by atoms with Crippen molar-refractivity contribution >= 4 is 21.7 Å². The SMILES string of the molecule is N#CC1=C(N)OC2=C(C(=O)CCC2)[C@@H]1c1ccc(-c2ccc(Br)cc2)o1. The van der Waals surface area contributed by atoms with Gasteiger partial charge >= 0.3 is 0 Å². The average Bonchev–Trinajstić information content (AvgIpc) is 3.11. The van der Waals surface area contributed by atoms with E-state index in [4.69, 9.17) is 14.9 Å². The minimum atomic E-state index is -0.610. The monoisotopic (exact) mass is 410 g/mol. The van der Waals surface area contributed by atoms with Gasteiger partial charge in [-0.05, 0) is 30.7 Å². The van der Waals surface area contributed by atoms with Gasteiger partial charge in [-0.15, -0.1) is 0 Å². The topological polar surface area (TPSA) is 89.3 Å². The lowest BCUT2D eigenvalue weighted by atomic mass is 9.80. The lowest BCUT2D eigenvalue weighted by Gasteiger charge is -2.29. The van der Waals surface area contributed by atoms with Crippen molar-refractivity contribution < 1.29 is 13.9 Å². The third kappa shape index (κ3) is 2.74. The Morgan fingerprint density at radius 1 is 1.15 bits per heavy atom. The maximum atomic E-state index is 12.5. The minimum absolute atomic E-state index is 0.0157. The summed E-state index contributed by atoms with van der Waals surface area (Å²) in [7, 11) is 0. The number of halogens is 1. The number of allylic oxidation sites excluding steroid dienone is 3. The Hall–Kier alpha value is -2.78. The zero-order valence-corrected chi connectivity index (χ0v) is 15.4. The molecule has 2 N–H and O–H groups in total. The molecular weight excluding hydrogens is 396 g/mol. The van der Waals surface area contributed by atoms with Gasteiger partial charge in [0.05, 0.1) is 5.92 Å². The van der Waals surface area contributed by atoms with E-state index in [1.54, 1.807) is 6.07 Å². The van der Waals surface area contributed by atoms with Crippen LogP contribution in [0.4, 0.5) is 0 Å². The first kappa shape index (κ1) is 16.7. The van der Waals surface area contributed by atoms with Gasteiger partial charge in [0, 0.05) is 28.5 Å². The third-order valence-corrected chi connectivity index (χ3v) is 5.17. The normalized spacial score (nSPS) is 19.8. The van der Waals surface area contributed by atoms with Gasteiger partial charge in [0.15, 0.2) is 5.78 Å². The van der Waals surface area contributed by atoms with E-state index in [-0.39, 0.29) is 17.2 Å². The molecule has 1 aromatic heterocycles. The van der Waals surface area contributed by atoms with Crippen LogP contribution in [0.25, 0.3) is 11.3 Å². The Morgan fingerprint density at radius 2 is 1.92 bits per heavy atom. The number of ketones is 1. The molecule has 0 saturated heterocycles. The van der Waals surface area contributed by atoms with Crippen LogP contribution >= 0.6 is 15.9 Å². The molecule has 5 nitrogen and oxygen atoms in total. The third-order valence-electron chi connectivity index (χ3n) is 4.64. The quantitative estimate of drug-likeness (QED) is 0.785. The van der Waals surface area contributed by atoms with Crippen molar-refractivity contribution in [1.82, 2.24) is 0 Å². The van der Waals surface area contributed by atoms with Crippen LogP contribution in [0.1, 0.15) is 30.9 Å². The maximum Gasteiger partial charge on any atom is 0.205 e. The van der Waals surface area contributed by atoms with Gasteiger partial charge in [-0.3, -0.25) is 4.79 Å². The van der Waals surface area contributed by atoms with Crippen LogP contribution < -0.4 is 5.73 Å². The fourth-order valence-electron chi connectivity index (χ4n) is 3.42. The zero-order chi connectivity index (χ0) is 18.3. The van der Waals surface area contributed by atoms with Crippen LogP contribution in [0.15, 0.2) is 68.1 Å². The number of hydrogen-bond acceptors (Lipinski definition) is 5. The zero-order valence-electron chi connectivity index (χ0n) is 13.8. The summed E-state index contributed by atoms with van der Waals surface area (Å²) in [6, 6.07) is 13.4. The number of furan rings is 1. The number of Topliss-reactive ketones (excluding diaryl/α,β-unsaturated/α-hetero) is 1. The van der Waals surface area contributed by atoms with Crippen molar-refractivity contribution in [2.45, 2.75) is 25.2 Å². The van der Waals surface area contributed by atoms with E-state index in [0.717, 1.165) is 16.5 Å². The second kappa shape index (κ2) is 6.50. The van der Waals surface area contributed by atoms with Gasteiger partial charge < -0.3 is 14.9 Å². The largest absolute Gasteiger partial charge is 0.460 e. The molecule has 0 fully saturated rings. The molecule has 130 valence electrons. The molecule has 4 rings (SSSR count). The standard InChI is InChI=1S/C20H15BrN2O3/c21-12-6-4-11(5-7-12)15-8-9-17(25-15)18-13(10-22)20(23)26-16-3-1-2-14(24)19(16)18/h4-9,18H,1-3,23H2/t18-/m0/s1. The van der Waals surface area contributed by atoms with Crippen LogP contribution in [0, 0.1) is 11.3 Å². The number of nitriles is 1. The number of carbonyl (C=O) groups is 1. The Balaban J connectivity index is 1.80. The number of rotatable bonds is 2. The summed E-state index contributed by atoms with van der Waals surface area (Å²) < 4.78 is 12.6. The molecule has 2 heterocycles. The molecule has 1 aliphatic heterocycles. The first-order valence-electron chi connectivity index (χ1n) is 8.28. The highest BCUT2D eigenvalue weighted by Crippen LogP contribution is 2.44. The van der Waals surface area contributed by atoms with Gasteiger partial charge in [0.2, 0.25) is 5.88 Å². The van der Waals surface area contributed by atoms with E-state index >= 15 is 0 Å². The molecule has 0 bridgehead atoms. The minimum Gasteiger partial charge on any atom is -0.460 e. The average molecular weight is 411 g/mol. The van der Waals surface area contributed by atoms with E-state index in [1.165, 1.54) is 0 Å². The highest BCUT2D eigenvalue weighted by Gasteiger charge is 2.39. The lowest BCUT2D eigenvalue weighted by molar-refractivity contribution is -0.116. The van der Waals surface area contributed by atoms with Crippen molar-refractivity contribution in [2.24, 2.45) is 5.73 Å². The fourth-order valence-corrected chi connectivity index (χ4v) is 3.68. The lowest BCUT2D eigenvalue weighted by Crippen LogP contribution is -2.27. The van der Waals surface area contributed by atoms with Gasteiger partial charge in [-0.25, -0.2) is 0 Å². The Morgan fingerprint density at radius 3 is 2.65 bits per heavy atom. The van der Waals surface area contributed by atoms with Gasteiger partial charge in [-0.1, -0.05) is 28.1 Å². The molecule has 0 spiro atoms. The van der Waals surface area contributed by atoms with Gasteiger partial charge in [0.1, 0.15) is 28.9 Å². The fraction of sp³-hybridized carbons (Fsp3) is 0.200. The summed E-state index contributed by atoms with van der Waals surface area (Å²) in [6.07, 6.45) is 1.80. The van der Waals surface area contributed by atoms with Crippen LogP contribution in [0.2, 0.25) is 0 Å². The van der Waals surface area contributed by atoms with Crippen molar-refractivity contribution in [2.75, 3.05) is 0 Å². The van der Waals surface area contributed by atoms with Gasteiger partial charge in [0.25, 0.3) is 0 Å². The van der Waals surface area contributed by atoms with Crippen LogP contribution in [-0.2, 0) is 9.53 Å². The molecule has 2 aromatic rings. The van der Waals surface area contributed by atoms with E-state index in [1.807, 2.05) is 30.3 Å². The molecule has 1 aromatic carbocycles. The molecule has 0 unspecified atom stereocenters. The Kier molecular flexibility index (Phi) is 4.17. The number of hydrogen-bond donors (Lipinski definition) is 1. The number of benzene rings is 1. The summed E-state index contributed by atoms with van der Waals surface area (Å²) in [5.41, 5.74) is 7.57. The first-order chi connectivity index (χ1) is 12.6. The van der Waals surface area contributed by atoms with Gasteiger partial charge in [-0.2, -0.15) is 5.26 Å². The predicted molar refractivity (Wildman–Crippen MR) is 98.4 cm³/mol. The van der Waals surface area contributed by atoms with Crippen LogP contribution in [-0.4, -0.2) is 5.78 Å². The molecule has 0 amide bonds. The molecule has 2 aliphatic rings. The summed E-state index contributed by atoms with van der Waals surface area (Å²) >= 11 is 3.41. The van der Waals surface area contributed by atoms with E-state index in [9.17, 15) is 10.1 Å². The second-order valence-corrected chi connectivity index (χ2v) is 7.16. The number of ether oxygens (including phenoxy) is 1. The molecule has 1 aliphatic carbocycles. The van der Waals surface area contributed by atoms with Crippen molar-refractivity contribution in [3.63, 3.8) is 0 Å². The molecule has 26 heavy (non-hydrogen) atoms. The second-order valence-electron chi connectivity index (χ2n) is 6.25. The molecule has 1 atom stereocenters. The number of nitrogens with zero attached hydrogens (tertiary/aromatic N) is 1.